The van der Waals surface area contributed by atoms with Crippen LogP contribution in [-0.4, -0.2) is 73.4 Å². The molecule has 0 spiro atoms. The van der Waals surface area contributed by atoms with Gasteiger partial charge in [0, 0.05) is 12.3 Å². The van der Waals surface area contributed by atoms with Gasteiger partial charge in [-0.1, -0.05) is 30.3 Å². The molecule has 2 fully saturated rings. The van der Waals surface area contributed by atoms with E-state index in [9.17, 15) is 29.5 Å². The van der Waals surface area contributed by atoms with E-state index in [1.165, 1.54) is 0 Å². The van der Waals surface area contributed by atoms with E-state index in [1.54, 1.807) is 30.3 Å². The van der Waals surface area contributed by atoms with Gasteiger partial charge < -0.3 is 30.3 Å². The molecule has 2 aliphatic rings. The SMILES string of the molecule is O=C(O)N[C@H]1CO[P@](O)(OCC2OC(n3ccc(=O)[nH]c3=O)C(O)C2O)O[C@@H]1c1ccccc1. The van der Waals surface area contributed by atoms with E-state index in [1.807, 2.05) is 4.98 Å². The monoisotopic (exact) mass is 500 g/mol. The lowest BCUT2D eigenvalue weighted by atomic mass is 10.0. The number of amides is 1. The van der Waals surface area contributed by atoms with E-state index >= 15 is 0 Å². The predicted molar refractivity (Wildman–Crippen MR) is 114 cm³/mol. The molecule has 14 nitrogen and oxygen atoms in total. The number of aromatic amines is 1. The molecule has 1 aromatic carbocycles. The first kappa shape index (κ1) is 24.4. The number of aliphatic hydroxyl groups excluding tert-OH is 2. The van der Waals surface area contributed by atoms with Crippen LogP contribution in [0.15, 0.2) is 52.2 Å². The number of hydrogen-bond donors (Lipinski definition) is 6. The summed E-state index contributed by atoms with van der Waals surface area (Å²) in [6.45, 7) is -0.752. The maximum absolute atomic E-state index is 12.0. The Morgan fingerprint density at radius 1 is 1.21 bits per heavy atom. The number of nitrogens with one attached hydrogen (secondary N) is 2. The molecule has 185 valence electrons. The summed E-state index contributed by atoms with van der Waals surface area (Å²) in [4.78, 5) is 47.2. The highest BCUT2D eigenvalue weighted by atomic mass is 31.2. The lowest BCUT2D eigenvalue weighted by Gasteiger charge is -2.40. The van der Waals surface area contributed by atoms with Crippen molar-refractivity contribution in [1.29, 1.82) is 0 Å². The Morgan fingerprint density at radius 2 is 1.94 bits per heavy atom. The average Bonchev–Trinajstić information content (AvgIpc) is 3.08. The molecule has 2 aliphatic heterocycles. The molecule has 0 bridgehead atoms. The Labute approximate surface area is 192 Å². The maximum atomic E-state index is 12.0. The quantitative estimate of drug-likeness (QED) is 0.273. The Kier molecular flexibility index (Phi) is 7.12. The zero-order valence-electron chi connectivity index (χ0n) is 17.5. The summed E-state index contributed by atoms with van der Waals surface area (Å²) in [7, 11) is -3.99. The second-order valence-electron chi connectivity index (χ2n) is 7.62. The molecular weight excluding hydrogens is 477 g/mol. The van der Waals surface area contributed by atoms with Crippen LogP contribution in [0.4, 0.5) is 4.79 Å². The molecule has 0 aliphatic carbocycles. The van der Waals surface area contributed by atoms with Gasteiger partial charge in [0.2, 0.25) is 0 Å². The second-order valence-corrected chi connectivity index (χ2v) is 9.28. The van der Waals surface area contributed by atoms with Gasteiger partial charge in [-0.05, 0) is 5.56 Å². The maximum Gasteiger partial charge on any atom is 0.405 e. The van der Waals surface area contributed by atoms with Crippen LogP contribution in [0.2, 0.25) is 0 Å². The Hall–Kier alpha value is -2.68. The average molecular weight is 500 g/mol. The number of carboxylic acid groups (broad SMARTS) is 1. The Morgan fingerprint density at radius 3 is 2.62 bits per heavy atom. The lowest BCUT2D eigenvalue weighted by Crippen LogP contribution is -2.45. The third kappa shape index (κ3) is 5.19. The van der Waals surface area contributed by atoms with Crippen LogP contribution < -0.4 is 16.6 Å². The minimum atomic E-state index is -3.99. The van der Waals surface area contributed by atoms with Gasteiger partial charge in [0.05, 0.1) is 19.3 Å². The van der Waals surface area contributed by atoms with E-state index in [-0.39, 0.29) is 6.61 Å². The molecule has 3 heterocycles. The number of aliphatic hydroxyl groups is 2. The van der Waals surface area contributed by atoms with Crippen LogP contribution in [0.25, 0.3) is 0 Å². The fraction of sp³-hybridized carbons (Fsp3) is 0.421. The number of benzene rings is 1. The van der Waals surface area contributed by atoms with E-state index in [0.29, 0.717) is 5.56 Å². The fourth-order valence-electron chi connectivity index (χ4n) is 3.68. The number of carbonyl (C=O) groups is 1. The molecule has 15 heteroatoms. The topological polar surface area (TPSA) is 202 Å². The van der Waals surface area contributed by atoms with Gasteiger partial charge in [-0.25, -0.2) is 9.59 Å². The van der Waals surface area contributed by atoms with Crippen LogP contribution in [0, 0.1) is 0 Å². The first-order chi connectivity index (χ1) is 16.2. The predicted octanol–water partition coefficient (Wildman–Crippen LogP) is -0.733. The summed E-state index contributed by atoms with van der Waals surface area (Å²) in [6, 6.07) is 8.77. The molecule has 1 aromatic heterocycles. The molecule has 0 saturated carbocycles. The molecule has 2 aromatic rings. The summed E-state index contributed by atoms with van der Waals surface area (Å²) in [5, 5.41) is 32.0. The van der Waals surface area contributed by atoms with Gasteiger partial charge in [-0.3, -0.25) is 27.9 Å². The second kappa shape index (κ2) is 9.90. The van der Waals surface area contributed by atoms with Crippen molar-refractivity contribution in [2.45, 2.75) is 36.7 Å². The summed E-state index contributed by atoms with van der Waals surface area (Å²) >= 11 is 0. The summed E-state index contributed by atoms with van der Waals surface area (Å²) in [5.74, 6) is 0. The molecule has 34 heavy (non-hydrogen) atoms. The number of hydrogen-bond acceptors (Lipinski definition) is 10. The van der Waals surface area contributed by atoms with Crippen molar-refractivity contribution in [3.63, 3.8) is 0 Å². The van der Waals surface area contributed by atoms with Gasteiger partial charge >= 0.3 is 20.0 Å². The molecule has 1 radical (unpaired) electrons. The molecule has 4 unspecified atom stereocenters. The van der Waals surface area contributed by atoms with Crippen molar-refractivity contribution < 1.29 is 43.3 Å². The van der Waals surface area contributed by atoms with Crippen LogP contribution >= 0.6 is 8.17 Å². The molecule has 1 amide bonds. The van der Waals surface area contributed by atoms with Gasteiger partial charge in [0.15, 0.2) is 6.23 Å². The number of nitrogens with zero attached hydrogens (tertiary/aromatic N) is 1. The summed E-state index contributed by atoms with van der Waals surface area (Å²) in [6.07, 6.45) is -6.69. The Bertz CT molecular complexity index is 1130. The number of ether oxygens (including phenoxy) is 1. The van der Waals surface area contributed by atoms with Crippen LogP contribution in [-0.2, 0) is 18.3 Å². The van der Waals surface area contributed by atoms with Crippen molar-refractivity contribution in [3.05, 3.63) is 69.0 Å². The zero-order chi connectivity index (χ0) is 24.5. The first-order valence-corrected chi connectivity index (χ1v) is 11.6. The fourth-order valence-corrected chi connectivity index (χ4v) is 5.12. The van der Waals surface area contributed by atoms with Crippen LogP contribution in [0.5, 0.6) is 0 Å². The van der Waals surface area contributed by atoms with Gasteiger partial charge in [-0.2, -0.15) is 0 Å². The number of aromatic nitrogens is 2. The molecular formula is C19H23N3O11P. The highest BCUT2D eigenvalue weighted by Gasteiger charge is 2.48. The Balaban J connectivity index is 1.45. The molecule has 4 rings (SSSR count). The zero-order valence-corrected chi connectivity index (χ0v) is 18.4. The highest BCUT2D eigenvalue weighted by Crippen LogP contribution is 2.64. The van der Waals surface area contributed by atoms with Crippen molar-refractivity contribution in [1.82, 2.24) is 14.9 Å². The smallest absolute Gasteiger partial charge is 0.405 e. The minimum Gasteiger partial charge on any atom is -0.465 e. The molecule has 6 N–H and O–H groups in total. The number of rotatable bonds is 6. The van der Waals surface area contributed by atoms with Crippen molar-refractivity contribution in [2.24, 2.45) is 0 Å². The van der Waals surface area contributed by atoms with E-state index in [4.69, 9.17) is 23.4 Å². The molecule has 7 atom stereocenters. The van der Waals surface area contributed by atoms with E-state index < -0.39 is 68.8 Å². The van der Waals surface area contributed by atoms with Crippen molar-refractivity contribution in [2.75, 3.05) is 13.2 Å². The third-order valence-corrected chi connectivity index (χ3v) is 6.78. The third-order valence-electron chi connectivity index (χ3n) is 5.33. The minimum absolute atomic E-state index is 0.262. The largest absolute Gasteiger partial charge is 0.465 e. The van der Waals surface area contributed by atoms with Gasteiger partial charge in [0.25, 0.3) is 5.56 Å². The van der Waals surface area contributed by atoms with Crippen molar-refractivity contribution in [3.8, 4) is 0 Å². The normalized spacial score (nSPS) is 33.5. The van der Waals surface area contributed by atoms with Gasteiger partial charge in [0.1, 0.15) is 24.4 Å². The van der Waals surface area contributed by atoms with Gasteiger partial charge in [-0.15, -0.1) is 0 Å². The summed E-state index contributed by atoms with van der Waals surface area (Å²) in [5.41, 5.74) is -0.925. The number of H-pyrrole nitrogens is 1. The highest BCUT2D eigenvalue weighted by molar-refractivity contribution is 7.55. The van der Waals surface area contributed by atoms with Crippen LogP contribution in [0.1, 0.15) is 17.9 Å². The first-order valence-electron chi connectivity index (χ1n) is 10.1. The van der Waals surface area contributed by atoms with Crippen LogP contribution in [0.3, 0.4) is 0 Å². The lowest BCUT2D eigenvalue weighted by molar-refractivity contribution is -0.0701. The van der Waals surface area contributed by atoms with E-state index in [0.717, 1.165) is 16.8 Å². The molecule has 2 saturated heterocycles. The summed E-state index contributed by atoms with van der Waals surface area (Å²) < 4.78 is 22.8. The standard InChI is InChI=1S/C19H23N3O11P/c23-13-6-7-22(18(26)21-13)17-15(25)14(24)12(32-17)9-31-34(29)30-8-11(20-19(27)28)16(33-34)10-4-2-1-3-5-10/h1-7,11-12,14-17,20,24-25,29H,8-9H2,(H,27,28)(H,21,23,26)/t11-,12?,14?,15?,16+,17?/m0/s1. The van der Waals surface area contributed by atoms with E-state index in [2.05, 4.69) is 5.32 Å². The van der Waals surface area contributed by atoms with Crippen molar-refractivity contribution >= 4 is 14.3 Å².